The quantitative estimate of drug-likeness (QED) is 0.359. The largest absolute Gasteiger partial charge is 0.476 e. The molecular weight excluding hydrogens is 496 g/mol. The first-order valence-electron chi connectivity index (χ1n) is 12.0. The predicted octanol–water partition coefficient (Wildman–Crippen LogP) is 4.26. The Morgan fingerprint density at radius 1 is 1.16 bits per heavy atom. The lowest BCUT2D eigenvalue weighted by Crippen LogP contribution is -2.28. The van der Waals surface area contributed by atoms with Gasteiger partial charge in [0.2, 0.25) is 21.8 Å². The molecule has 3 N–H and O–H groups in total. The summed E-state index contributed by atoms with van der Waals surface area (Å²) >= 11 is 0. The van der Waals surface area contributed by atoms with Crippen molar-refractivity contribution in [1.29, 1.82) is 0 Å². The third-order valence-electron chi connectivity index (χ3n) is 5.95. The van der Waals surface area contributed by atoms with Crippen LogP contribution in [-0.2, 0) is 14.8 Å². The molecule has 0 atom stereocenters. The number of carbonyl (C=O) groups excluding carboxylic acids is 1. The highest BCUT2D eigenvalue weighted by atomic mass is 32.2. The molecule has 196 valence electrons. The minimum Gasteiger partial charge on any atom is -0.476 e. The highest BCUT2D eigenvalue weighted by Gasteiger charge is 2.31. The lowest BCUT2D eigenvalue weighted by molar-refractivity contribution is -0.117. The van der Waals surface area contributed by atoms with Crippen LogP contribution in [0.1, 0.15) is 48.3 Å². The maximum atomic E-state index is 13.3. The van der Waals surface area contributed by atoms with Crippen LogP contribution in [-0.4, -0.2) is 41.7 Å². The number of ether oxygens (including phenoxy) is 1. The normalized spacial score (nSPS) is 13.5. The van der Waals surface area contributed by atoms with Gasteiger partial charge in [-0.2, -0.15) is 9.78 Å². The number of aromatic carboxylic acids is 1. The van der Waals surface area contributed by atoms with Crippen LogP contribution in [0, 0.1) is 25.7 Å². The monoisotopic (exact) mass is 526 g/mol. The maximum absolute atomic E-state index is 13.3. The molecule has 1 saturated carbocycles. The van der Waals surface area contributed by atoms with Crippen molar-refractivity contribution in [2.45, 2.75) is 45.4 Å². The van der Waals surface area contributed by atoms with Crippen molar-refractivity contribution in [2.24, 2.45) is 11.8 Å². The summed E-state index contributed by atoms with van der Waals surface area (Å²) < 4.78 is 36.7. The van der Waals surface area contributed by atoms with Gasteiger partial charge in [-0.25, -0.2) is 17.9 Å². The second kappa shape index (κ2) is 10.3. The van der Waals surface area contributed by atoms with E-state index < -0.39 is 16.0 Å². The van der Waals surface area contributed by atoms with Crippen molar-refractivity contribution < 1.29 is 27.9 Å². The number of para-hydroxylation sites is 1. The van der Waals surface area contributed by atoms with Crippen molar-refractivity contribution in [3.05, 3.63) is 59.3 Å². The Balaban J connectivity index is 1.81. The second-order valence-electron chi connectivity index (χ2n) is 9.56. The van der Waals surface area contributed by atoms with Crippen LogP contribution in [0.25, 0.3) is 5.69 Å². The van der Waals surface area contributed by atoms with E-state index in [1.165, 1.54) is 16.8 Å². The number of amides is 1. The average Bonchev–Trinajstić information content (AvgIpc) is 3.64. The summed E-state index contributed by atoms with van der Waals surface area (Å²) in [6, 6.07) is 11.6. The summed E-state index contributed by atoms with van der Waals surface area (Å²) in [5, 5.41) is 16.7. The fourth-order valence-corrected chi connectivity index (χ4v) is 5.06. The van der Waals surface area contributed by atoms with Gasteiger partial charge in [0.15, 0.2) is 5.69 Å². The number of nitrogens with zero attached hydrogens (tertiary/aromatic N) is 2. The Morgan fingerprint density at radius 3 is 2.49 bits per heavy atom. The summed E-state index contributed by atoms with van der Waals surface area (Å²) in [7, 11) is -4.05. The van der Waals surface area contributed by atoms with E-state index in [2.05, 4.69) is 15.1 Å². The molecule has 4 rings (SSSR count). The number of rotatable bonds is 10. The van der Waals surface area contributed by atoms with E-state index in [1.807, 2.05) is 32.9 Å². The number of hydrogen-bond donors (Lipinski definition) is 3. The van der Waals surface area contributed by atoms with Crippen molar-refractivity contribution in [2.75, 3.05) is 11.9 Å². The van der Waals surface area contributed by atoms with Gasteiger partial charge < -0.3 is 15.2 Å². The molecule has 0 bridgehead atoms. The van der Waals surface area contributed by atoms with Crippen molar-refractivity contribution in [3.63, 3.8) is 0 Å². The minimum atomic E-state index is -4.05. The number of hydrogen-bond acceptors (Lipinski definition) is 6. The molecule has 1 aromatic heterocycles. The predicted molar refractivity (Wildman–Crippen MR) is 138 cm³/mol. The third-order valence-corrected chi connectivity index (χ3v) is 7.40. The number of aryl methyl sites for hydroxylation is 1. The van der Waals surface area contributed by atoms with Crippen LogP contribution in [0.4, 0.5) is 5.69 Å². The Labute approximate surface area is 215 Å². The summed E-state index contributed by atoms with van der Waals surface area (Å²) in [5.74, 6) is -1.36. The van der Waals surface area contributed by atoms with Gasteiger partial charge in [0, 0.05) is 23.7 Å². The molecule has 0 unspecified atom stereocenters. The molecule has 0 spiro atoms. The van der Waals surface area contributed by atoms with E-state index in [-0.39, 0.29) is 52.1 Å². The van der Waals surface area contributed by atoms with E-state index in [1.54, 1.807) is 25.1 Å². The minimum absolute atomic E-state index is 0.0320. The van der Waals surface area contributed by atoms with Gasteiger partial charge in [-0.05, 0) is 62.4 Å². The number of anilines is 1. The third kappa shape index (κ3) is 5.83. The Morgan fingerprint density at radius 2 is 1.86 bits per heavy atom. The van der Waals surface area contributed by atoms with Gasteiger partial charge >= 0.3 is 5.97 Å². The molecule has 2 aromatic carbocycles. The van der Waals surface area contributed by atoms with Crippen LogP contribution in [0.15, 0.2) is 47.4 Å². The molecule has 0 saturated heterocycles. The number of aromatic nitrogens is 2. The Kier molecular flexibility index (Phi) is 7.37. The molecule has 11 heteroatoms. The molecule has 1 aliphatic rings. The summed E-state index contributed by atoms with van der Waals surface area (Å²) in [4.78, 5) is 24.0. The molecule has 1 aliphatic carbocycles. The highest BCUT2D eigenvalue weighted by Crippen LogP contribution is 2.36. The summed E-state index contributed by atoms with van der Waals surface area (Å²) in [6.45, 7) is 7.35. The van der Waals surface area contributed by atoms with Gasteiger partial charge in [0.25, 0.3) is 0 Å². The summed E-state index contributed by atoms with van der Waals surface area (Å²) in [6.07, 6.45) is 1.62. The molecular formula is C26H30N4O6S. The smallest absolute Gasteiger partial charge is 0.356 e. The van der Waals surface area contributed by atoms with E-state index >= 15 is 0 Å². The van der Waals surface area contributed by atoms with Crippen LogP contribution >= 0.6 is 0 Å². The lowest BCUT2D eigenvalue weighted by atomic mass is 10.2. The topological polar surface area (TPSA) is 140 Å². The molecule has 1 fully saturated rings. The van der Waals surface area contributed by atoms with Gasteiger partial charge in [-0.1, -0.05) is 32.0 Å². The van der Waals surface area contributed by atoms with Gasteiger partial charge in [0.05, 0.1) is 5.69 Å². The zero-order valence-corrected chi connectivity index (χ0v) is 21.9. The molecule has 0 aliphatic heterocycles. The first kappa shape index (κ1) is 26.4. The van der Waals surface area contributed by atoms with Crippen molar-refractivity contribution in [1.82, 2.24) is 14.5 Å². The van der Waals surface area contributed by atoms with E-state index in [9.17, 15) is 23.1 Å². The fourth-order valence-electron chi connectivity index (χ4n) is 3.70. The molecule has 1 heterocycles. The average molecular weight is 527 g/mol. The van der Waals surface area contributed by atoms with E-state index in [0.717, 1.165) is 18.4 Å². The number of carboxylic acids is 1. The second-order valence-corrected chi connectivity index (χ2v) is 11.3. The fraction of sp³-hybridized carbons (Fsp3) is 0.346. The van der Waals surface area contributed by atoms with Crippen LogP contribution in [0.3, 0.4) is 0 Å². The molecule has 10 nitrogen and oxygen atoms in total. The maximum Gasteiger partial charge on any atom is 0.356 e. The van der Waals surface area contributed by atoms with Crippen molar-refractivity contribution >= 4 is 27.6 Å². The number of nitrogens with one attached hydrogen (secondary N) is 2. The van der Waals surface area contributed by atoms with Gasteiger partial charge in [-0.3, -0.25) is 4.79 Å². The first-order valence-corrected chi connectivity index (χ1v) is 13.5. The molecule has 0 radical (unpaired) electrons. The lowest BCUT2D eigenvalue weighted by Gasteiger charge is -2.17. The zero-order chi connectivity index (χ0) is 26.9. The van der Waals surface area contributed by atoms with Crippen LogP contribution in [0.2, 0.25) is 0 Å². The standard InChI is InChI=1S/C26H30N4O6S/c1-15(2)14-27-37(34,35)22-13-19(28-24(31)18-9-10-18)11-12-21(22)36-25-17(4)23(26(32)33)29-30(25)20-8-6-5-7-16(20)3/h5-8,11-13,15,18,27H,9-10,14H2,1-4H3,(H,28,31)(H,32,33). The van der Waals surface area contributed by atoms with Crippen LogP contribution < -0.4 is 14.8 Å². The Hall–Kier alpha value is -3.70. The zero-order valence-electron chi connectivity index (χ0n) is 21.1. The number of benzene rings is 2. The van der Waals surface area contributed by atoms with Crippen LogP contribution in [0.5, 0.6) is 11.6 Å². The van der Waals surface area contributed by atoms with Gasteiger partial charge in [0.1, 0.15) is 10.6 Å². The molecule has 3 aromatic rings. The Bertz CT molecular complexity index is 1460. The SMILES string of the molecule is Cc1ccccc1-n1nc(C(=O)O)c(C)c1Oc1ccc(NC(=O)C2CC2)cc1S(=O)(=O)NCC(C)C. The molecule has 37 heavy (non-hydrogen) atoms. The number of carboxylic acid groups (broad SMARTS) is 1. The van der Waals surface area contributed by atoms with Crippen molar-refractivity contribution in [3.8, 4) is 17.3 Å². The van der Waals surface area contributed by atoms with E-state index in [0.29, 0.717) is 11.4 Å². The molecule has 1 amide bonds. The van der Waals surface area contributed by atoms with Gasteiger partial charge in [-0.15, -0.1) is 0 Å². The van der Waals surface area contributed by atoms with E-state index in [4.69, 9.17) is 4.74 Å². The summed E-state index contributed by atoms with van der Waals surface area (Å²) in [5.41, 5.74) is 1.75. The number of carbonyl (C=O) groups is 2. The number of sulfonamides is 1. The highest BCUT2D eigenvalue weighted by molar-refractivity contribution is 7.89. The first-order chi connectivity index (χ1) is 17.5.